The van der Waals surface area contributed by atoms with Gasteiger partial charge < -0.3 is 10.2 Å². The molecule has 106 valence electrons. The molecule has 0 saturated heterocycles. The lowest BCUT2D eigenvalue weighted by atomic mass is 10.2. The Bertz CT molecular complexity index is 402. The molecule has 1 aromatic rings. The summed E-state index contributed by atoms with van der Waals surface area (Å²) in [6.45, 7) is 7.05. The summed E-state index contributed by atoms with van der Waals surface area (Å²) in [6.07, 6.45) is 7.14. The van der Waals surface area contributed by atoms with Gasteiger partial charge in [-0.15, -0.1) is 0 Å². The summed E-state index contributed by atoms with van der Waals surface area (Å²) in [4.78, 5) is 6.97. The normalized spacial score (nSPS) is 15.9. The first kappa shape index (κ1) is 14.6. The van der Waals surface area contributed by atoms with Crippen LogP contribution in [-0.2, 0) is 6.54 Å². The Morgan fingerprint density at radius 2 is 2.11 bits per heavy atom. The summed E-state index contributed by atoms with van der Waals surface area (Å²) in [5, 5.41) is 4.08. The fourth-order valence-electron chi connectivity index (χ4n) is 2.84. The minimum atomic E-state index is 0.620. The summed E-state index contributed by atoms with van der Waals surface area (Å²) in [7, 11) is 0. The minimum absolute atomic E-state index is 0.620. The maximum Gasteiger partial charge on any atom is 0.147 e. The summed E-state index contributed by atoms with van der Waals surface area (Å²) in [5.41, 5.74) is 1.15. The molecule has 0 atom stereocenters. The molecule has 19 heavy (non-hydrogen) atoms. The van der Waals surface area contributed by atoms with E-state index in [9.17, 15) is 0 Å². The molecule has 1 aliphatic rings. The van der Waals surface area contributed by atoms with E-state index in [0.717, 1.165) is 36.0 Å². The molecule has 1 fully saturated rings. The second kappa shape index (κ2) is 7.11. The molecule has 0 aromatic carbocycles. The Morgan fingerprint density at radius 1 is 1.37 bits per heavy atom. The molecule has 0 spiro atoms. The van der Waals surface area contributed by atoms with Gasteiger partial charge in [-0.2, -0.15) is 0 Å². The van der Waals surface area contributed by atoms with Gasteiger partial charge in [0, 0.05) is 25.3 Å². The second-order valence-corrected chi connectivity index (χ2v) is 5.56. The van der Waals surface area contributed by atoms with Crippen molar-refractivity contribution in [1.29, 1.82) is 0 Å². The van der Waals surface area contributed by atoms with E-state index in [0.29, 0.717) is 6.04 Å². The van der Waals surface area contributed by atoms with Gasteiger partial charge in [-0.3, -0.25) is 0 Å². The molecule has 2 rings (SSSR count). The largest absolute Gasteiger partial charge is 0.353 e. The first-order chi connectivity index (χ1) is 9.26. The molecule has 0 unspecified atom stereocenters. The van der Waals surface area contributed by atoms with E-state index < -0.39 is 0 Å². The van der Waals surface area contributed by atoms with Crippen molar-refractivity contribution < 1.29 is 0 Å². The predicted octanol–water partition coefficient (Wildman–Crippen LogP) is 3.61. The number of aromatic nitrogens is 1. The van der Waals surface area contributed by atoms with Gasteiger partial charge in [-0.05, 0) is 37.9 Å². The summed E-state index contributed by atoms with van der Waals surface area (Å²) in [6, 6.07) is 2.67. The van der Waals surface area contributed by atoms with Gasteiger partial charge in [-0.1, -0.05) is 31.4 Å². The Balaban J connectivity index is 2.13. The van der Waals surface area contributed by atoms with Crippen molar-refractivity contribution in [2.45, 2.75) is 52.1 Å². The number of nitrogens with one attached hydrogen (secondary N) is 1. The highest BCUT2D eigenvalue weighted by Crippen LogP contribution is 2.31. The minimum Gasteiger partial charge on any atom is -0.353 e. The van der Waals surface area contributed by atoms with Crippen LogP contribution in [0.15, 0.2) is 12.3 Å². The third kappa shape index (κ3) is 3.61. The lowest BCUT2D eigenvalue weighted by molar-refractivity contribution is 0.612. The van der Waals surface area contributed by atoms with Crippen molar-refractivity contribution in [3.63, 3.8) is 0 Å². The third-order valence-electron chi connectivity index (χ3n) is 3.84. The molecule has 0 bridgehead atoms. The smallest absolute Gasteiger partial charge is 0.147 e. The second-order valence-electron chi connectivity index (χ2n) is 5.15. The van der Waals surface area contributed by atoms with E-state index >= 15 is 0 Å². The topological polar surface area (TPSA) is 28.2 Å². The Labute approximate surface area is 121 Å². The number of pyridine rings is 1. The zero-order chi connectivity index (χ0) is 13.7. The van der Waals surface area contributed by atoms with Crippen LogP contribution in [0, 0.1) is 0 Å². The first-order valence-electron chi connectivity index (χ1n) is 7.38. The Kier molecular flexibility index (Phi) is 5.46. The maximum absolute atomic E-state index is 6.43. The first-order valence-corrected chi connectivity index (χ1v) is 7.75. The number of nitrogens with zero attached hydrogens (tertiary/aromatic N) is 2. The van der Waals surface area contributed by atoms with E-state index in [1.54, 1.807) is 0 Å². The van der Waals surface area contributed by atoms with Gasteiger partial charge in [-0.25, -0.2) is 4.98 Å². The molecule has 3 nitrogen and oxygen atoms in total. The van der Waals surface area contributed by atoms with Gasteiger partial charge in [0.15, 0.2) is 0 Å². The fourth-order valence-corrected chi connectivity index (χ4v) is 3.14. The Hall–Kier alpha value is -0.800. The van der Waals surface area contributed by atoms with Crippen LogP contribution in [0.25, 0.3) is 0 Å². The predicted molar refractivity (Wildman–Crippen MR) is 81.9 cm³/mol. The van der Waals surface area contributed by atoms with Crippen LogP contribution >= 0.6 is 11.6 Å². The molecule has 0 amide bonds. The number of hydrogen-bond acceptors (Lipinski definition) is 3. The van der Waals surface area contributed by atoms with Crippen molar-refractivity contribution in [2.75, 3.05) is 18.0 Å². The lowest BCUT2D eigenvalue weighted by Crippen LogP contribution is -2.34. The molecule has 4 heteroatoms. The molecule has 1 saturated carbocycles. The van der Waals surface area contributed by atoms with Gasteiger partial charge in [0.2, 0.25) is 0 Å². The number of rotatable bonds is 6. The fraction of sp³-hybridized carbons (Fsp3) is 0.667. The molecule has 0 radical (unpaired) electrons. The quantitative estimate of drug-likeness (QED) is 0.863. The highest BCUT2D eigenvalue weighted by atomic mass is 35.5. The highest BCUT2D eigenvalue weighted by Gasteiger charge is 2.24. The third-order valence-corrected chi connectivity index (χ3v) is 4.11. The van der Waals surface area contributed by atoms with Crippen molar-refractivity contribution in [3.8, 4) is 0 Å². The van der Waals surface area contributed by atoms with Gasteiger partial charge in [0.05, 0.1) is 5.02 Å². The molecule has 1 aromatic heterocycles. The van der Waals surface area contributed by atoms with Gasteiger partial charge in [0.1, 0.15) is 5.82 Å². The number of hydrogen-bond donors (Lipinski definition) is 1. The summed E-state index contributed by atoms with van der Waals surface area (Å²) < 4.78 is 0. The van der Waals surface area contributed by atoms with Crippen molar-refractivity contribution in [1.82, 2.24) is 10.3 Å². The molecule has 1 N–H and O–H groups in total. The van der Waals surface area contributed by atoms with Crippen LogP contribution in [0.5, 0.6) is 0 Å². The molecular weight excluding hydrogens is 258 g/mol. The van der Waals surface area contributed by atoms with Crippen LogP contribution in [-0.4, -0.2) is 24.1 Å². The van der Waals surface area contributed by atoms with E-state index in [4.69, 9.17) is 11.6 Å². The summed E-state index contributed by atoms with van der Waals surface area (Å²) in [5.74, 6) is 0.955. The zero-order valence-corrected chi connectivity index (χ0v) is 12.7. The molecule has 1 aliphatic carbocycles. The molecule has 0 aliphatic heterocycles. The standard InChI is InChI=1S/C15H24ClN3/c1-3-17-10-12-9-14(16)15(18-11-12)19(4-2)13-7-5-6-8-13/h9,11,13,17H,3-8,10H2,1-2H3. The van der Waals surface area contributed by atoms with Crippen LogP contribution < -0.4 is 10.2 Å². The van der Waals surface area contributed by atoms with Crippen LogP contribution in [0.2, 0.25) is 5.02 Å². The SMILES string of the molecule is CCNCc1cnc(N(CC)C2CCCC2)c(Cl)c1. The number of anilines is 1. The average molecular weight is 282 g/mol. The van der Waals surface area contributed by atoms with E-state index in [-0.39, 0.29) is 0 Å². The Morgan fingerprint density at radius 3 is 2.68 bits per heavy atom. The highest BCUT2D eigenvalue weighted by molar-refractivity contribution is 6.33. The van der Waals surface area contributed by atoms with E-state index in [1.165, 1.54) is 25.7 Å². The lowest BCUT2D eigenvalue weighted by Gasteiger charge is -2.29. The zero-order valence-electron chi connectivity index (χ0n) is 12.0. The summed E-state index contributed by atoms with van der Waals surface area (Å²) >= 11 is 6.43. The van der Waals surface area contributed by atoms with Crippen LogP contribution in [0.3, 0.4) is 0 Å². The van der Waals surface area contributed by atoms with Crippen molar-refractivity contribution >= 4 is 17.4 Å². The van der Waals surface area contributed by atoms with E-state index in [1.807, 2.05) is 12.3 Å². The average Bonchev–Trinajstić information content (AvgIpc) is 2.93. The van der Waals surface area contributed by atoms with Crippen LogP contribution in [0.1, 0.15) is 45.1 Å². The van der Waals surface area contributed by atoms with Gasteiger partial charge >= 0.3 is 0 Å². The maximum atomic E-state index is 6.43. The molecule has 1 heterocycles. The van der Waals surface area contributed by atoms with Gasteiger partial charge in [0.25, 0.3) is 0 Å². The molecular formula is C15H24ClN3. The number of halogens is 1. The van der Waals surface area contributed by atoms with Crippen LogP contribution in [0.4, 0.5) is 5.82 Å². The van der Waals surface area contributed by atoms with E-state index in [2.05, 4.69) is 29.0 Å². The van der Waals surface area contributed by atoms with Crippen molar-refractivity contribution in [3.05, 3.63) is 22.8 Å². The monoisotopic (exact) mass is 281 g/mol. The van der Waals surface area contributed by atoms with Crippen molar-refractivity contribution in [2.24, 2.45) is 0 Å².